The molecular formula is C13H15F3O2S. The number of halogens is 3. The fraction of sp³-hybridized carbons (Fsp3) is 0.538. The predicted octanol–water partition coefficient (Wildman–Crippen LogP) is 3.68. The predicted molar refractivity (Wildman–Crippen MR) is 65.8 cm³/mol. The normalized spacial score (nSPS) is 17.8. The van der Waals surface area contributed by atoms with Crippen LogP contribution in [0.2, 0.25) is 0 Å². The molecule has 2 rings (SSSR count). The van der Waals surface area contributed by atoms with Gasteiger partial charge in [0.1, 0.15) is 0 Å². The summed E-state index contributed by atoms with van der Waals surface area (Å²) in [6.07, 6.45) is 3.48. The van der Waals surface area contributed by atoms with Crippen molar-refractivity contribution in [1.82, 2.24) is 0 Å². The minimum Gasteiger partial charge on any atom is -0.243 e. The van der Waals surface area contributed by atoms with Crippen molar-refractivity contribution in [2.75, 3.05) is 6.67 Å². The van der Waals surface area contributed by atoms with Crippen molar-refractivity contribution in [1.29, 1.82) is 0 Å². The van der Waals surface area contributed by atoms with Gasteiger partial charge in [-0.3, -0.25) is 0 Å². The average molecular weight is 292 g/mol. The molecule has 0 aromatic heterocycles. The summed E-state index contributed by atoms with van der Waals surface area (Å²) in [4.78, 5) is -0.426. The van der Waals surface area contributed by atoms with E-state index in [1.807, 2.05) is 0 Å². The second-order valence-electron chi connectivity index (χ2n) is 4.79. The van der Waals surface area contributed by atoms with E-state index in [1.54, 1.807) is 12.1 Å². The Balaban J connectivity index is 2.51. The van der Waals surface area contributed by atoms with Gasteiger partial charge in [0.15, 0.2) is 6.67 Å². The molecule has 0 unspecified atom stereocenters. The van der Waals surface area contributed by atoms with E-state index in [9.17, 15) is 21.6 Å². The minimum absolute atomic E-state index is 0.0265. The van der Waals surface area contributed by atoms with Gasteiger partial charge in [0.2, 0.25) is 9.84 Å². The molecule has 0 amide bonds. The van der Waals surface area contributed by atoms with Crippen molar-refractivity contribution in [3.8, 4) is 0 Å². The molecule has 1 saturated carbocycles. The molecule has 6 heteroatoms. The van der Waals surface area contributed by atoms with Crippen molar-refractivity contribution in [2.45, 2.75) is 41.8 Å². The molecule has 0 atom stereocenters. The largest absolute Gasteiger partial charge is 0.377 e. The fourth-order valence-corrected chi connectivity index (χ4v) is 3.80. The van der Waals surface area contributed by atoms with Gasteiger partial charge >= 0.3 is 5.25 Å². The zero-order valence-electron chi connectivity index (χ0n) is 10.3. The highest BCUT2D eigenvalue weighted by atomic mass is 32.2. The third-order valence-electron chi connectivity index (χ3n) is 3.55. The Kier molecular flexibility index (Phi) is 3.90. The number of hydrogen-bond donors (Lipinski definition) is 0. The SMILES string of the molecule is O=S(=O)(c1ccccc1C1CCCC1)C(F)(F)CF. The van der Waals surface area contributed by atoms with Crippen LogP contribution in [-0.4, -0.2) is 20.3 Å². The van der Waals surface area contributed by atoms with Gasteiger partial charge in [0, 0.05) is 0 Å². The van der Waals surface area contributed by atoms with Gasteiger partial charge in [0.05, 0.1) is 4.90 Å². The van der Waals surface area contributed by atoms with Crippen molar-refractivity contribution in [3.05, 3.63) is 29.8 Å². The highest BCUT2D eigenvalue weighted by Gasteiger charge is 2.47. The Bertz CT molecular complexity index is 549. The van der Waals surface area contributed by atoms with Crippen molar-refractivity contribution >= 4 is 9.84 Å². The molecule has 1 fully saturated rings. The molecule has 1 aliphatic rings. The van der Waals surface area contributed by atoms with E-state index in [-0.39, 0.29) is 5.92 Å². The van der Waals surface area contributed by atoms with Gasteiger partial charge < -0.3 is 0 Å². The lowest BCUT2D eigenvalue weighted by atomic mass is 9.98. The lowest BCUT2D eigenvalue weighted by Gasteiger charge is -2.19. The first-order chi connectivity index (χ1) is 8.90. The Labute approximate surface area is 110 Å². The van der Waals surface area contributed by atoms with Gasteiger partial charge in [-0.05, 0) is 30.4 Å². The van der Waals surface area contributed by atoms with Crippen LogP contribution in [0.3, 0.4) is 0 Å². The topological polar surface area (TPSA) is 34.1 Å². The lowest BCUT2D eigenvalue weighted by molar-refractivity contribution is 0.0619. The summed E-state index contributed by atoms with van der Waals surface area (Å²) in [6.45, 7) is -2.20. The van der Waals surface area contributed by atoms with E-state index in [4.69, 9.17) is 0 Å². The number of hydrogen-bond acceptors (Lipinski definition) is 2. The average Bonchev–Trinajstić information content (AvgIpc) is 2.92. The molecular weight excluding hydrogens is 277 g/mol. The summed E-state index contributed by atoms with van der Waals surface area (Å²) in [5, 5.41) is -4.36. The van der Waals surface area contributed by atoms with Gasteiger partial charge in [-0.25, -0.2) is 12.8 Å². The minimum atomic E-state index is -4.96. The maximum Gasteiger partial charge on any atom is 0.377 e. The summed E-state index contributed by atoms with van der Waals surface area (Å²) < 4.78 is 62.7. The standard InChI is InChI=1S/C13H15F3O2S/c14-9-13(15,16)19(17,18)12-8-4-3-7-11(12)10-5-1-2-6-10/h3-4,7-8,10H,1-2,5-6,9H2. The van der Waals surface area contributed by atoms with Gasteiger partial charge in [0.25, 0.3) is 0 Å². The summed E-state index contributed by atoms with van der Waals surface area (Å²) >= 11 is 0. The highest BCUT2D eigenvalue weighted by Crippen LogP contribution is 2.40. The molecule has 2 nitrogen and oxygen atoms in total. The zero-order valence-corrected chi connectivity index (χ0v) is 11.1. The van der Waals surface area contributed by atoms with Gasteiger partial charge in [-0.15, -0.1) is 0 Å². The summed E-state index contributed by atoms with van der Waals surface area (Å²) in [6, 6.07) is 5.71. The van der Waals surface area contributed by atoms with E-state index in [2.05, 4.69) is 0 Å². The zero-order chi connectivity index (χ0) is 14.1. The van der Waals surface area contributed by atoms with Crippen molar-refractivity contribution < 1.29 is 21.6 Å². The number of sulfone groups is 1. The first kappa shape index (κ1) is 14.4. The quantitative estimate of drug-likeness (QED) is 0.848. The summed E-state index contributed by atoms with van der Waals surface area (Å²) in [5.74, 6) is -0.0265. The lowest BCUT2D eigenvalue weighted by Crippen LogP contribution is -2.32. The smallest absolute Gasteiger partial charge is 0.243 e. The van der Waals surface area contributed by atoms with Crippen LogP contribution in [0.25, 0.3) is 0 Å². The third-order valence-corrected chi connectivity index (χ3v) is 5.40. The van der Waals surface area contributed by atoms with Crippen molar-refractivity contribution in [2.24, 2.45) is 0 Å². The third kappa shape index (κ3) is 2.50. The van der Waals surface area contributed by atoms with E-state index < -0.39 is 26.7 Å². The van der Waals surface area contributed by atoms with E-state index in [0.29, 0.717) is 5.56 Å². The van der Waals surface area contributed by atoms with Crippen LogP contribution < -0.4 is 0 Å². The molecule has 19 heavy (non-hydrogen) atoms. The van der Waals surface area contributed by atoms with E-state index in [1.165, 1.54) is 6.07 Å². The molecule has 0 aliphatic heterocycles. The molecule has 0 radical (unpaired) electrons. The summed E-state index contributed by atoms with van der Waals surface area (Å²) in [7, 11) is -4.96. The molecule has 0 N–H and O–H groups in total. The van der Waals surface area contributed by atoms with Crippen LogP contribution in [0.4, 0.5) is 13.2 Å². The van der Waals surface area contributed by atoms with E-state index >= 15 is 0 Å². The first-order valence-electron chi connectivity index (χ1n) is 6.17. The second-order valence-corrected chi connectivity index (χ2v) is 6.84. The molecule has 0 bridgehead atoms. The number of alkyl halides is 3. The molecule has 0 spiro atoms. The highest BCUT2D eigenvalue weighted by molar-refractivity contribution is 7.92. The van der Waals surface area contributed by atoms with Crippen LogP contribution in [-0.2, 0) is 9.84 Å². The molecule has 106 valence electrons. The first-order valence-corrected chi connectivity index (χ1v) is 7.66. The number of rotatable bonds is 4. The van der Waals surface area contributed by atoms with Crippen LogP contribution in [0.1, 0.15) is 37.2 Å². The molecule has 0 heterocycles. The van der Waals surface area contributed by atoms with Crippen LogP contribution in [0.5, 0.6) is 0 Å². The Morgan fingerprint density at radius 2 is 1.74 bits per heavy atom. The second kappa shape index (κ2) is 5.15. The van der Waals surface area contributed by atoms with Crippen LogP contribution in [0.15, 0.2) is 29.2 Å². The Morgan fingerprint density at radius 1 is 1.16 bits per heavy atom. The monoisotopic (exact) mass is 292 g/mol. The van der Waals surface area contributed by atoms with Crippen LogP contribution in [0, 0.1) is 0 Å². The van der Waals surface area contributed by atoms with Crippen LogP contribution >= 0.6 is 0 Å². The fourth-order valence-electron chi connectivity index (χ4n) is 2.53. The molecule has 1 aromatic carbocycles. The van der Waals surface area contributed by atoms with E-state index in [0.717, 1.165) is 31.7 Å². The molecule has 1 aromatic rings. The van der Waals surface area contributed by atoms with Crippen molar-refractivity contribution in [3.63, 3.8) is 0 Å². The Morgan fingerprint density at radius 3 is 2.32 bits per heavy atom. The molecule has 0 saturated heterocycles. The maximum atomic E-state index is 13.3. The molecule has 1 aliphatic carbocycles. The Hall–Kier alpha value is -1.04. The number of benzene rings is 1. The summed E-state index contributed by atoms with van der Waals surface area (Å²) in [5.41, 5.74) is 0.396. The maximum absolute atomic E-state index is 13.3. The van der Waals surface area contributed by atoms with Gasteiger partial charge in [-0.2, -0.15) is 8.78 Å². The van der Waals surface area contributed by atoms with Gasteiger partial charge in [-0.1, -0.05) is 31.0 Å².